The Bertz CT molecular complexity index is 427. The molecule has 0 aliphatic carbocycles. The van der Waals surface area contributed by atoms with Crippen molar-refractivity contribution in [2.24, 2.45) is 5.73 Å². The number of nitrogens with one attached hydrogen (secondary N) is 2. The zero-order valence-electron chi connectivity index (χ0n) is 13.7. The van der Waals surface area contributed by atoms with E-state index < -0.39 is 35.8 Å². The number of rotatable bonds is 10. The second-order valence-electron chi connectivity index (χ2n) is 4.65. The molecule has 0 aliphatic heterocycles. The van der Waals surface area contributed by atoms with Gasteiger partial charge in [0.1, 0.15) is 12.1 Å². The Labute approximate surface area is 135 Å². The number of ether oxygens (including phenoxy) is 2. The Morgan fingerprint density at radius 2 is 1.65 bits per heavy atom. The van der Waals surface area contributed by atoms with Crippen molar-refractivity contribution >= 4 is 23.8 Å². The van der Waals surface area contributed by atoms with E-state index in [0.29, 0.717) is 0 Å². The molecule has 4 N–H and O–H groups in total. The minimum atomic E-state index is -0.996. The maximum Gasteiger partial charge on any atom is 0.328 e. The summed E-state index contributed by atoms with van der Waals surface area (Å²) in [6, 6.07) is -1.87. The van der Waals surface area contributed by atoms with Crippen LogP contribution in [0.2, 0.25) is 0 Å². The summed E-state index contributed by atoms with van der Waals surface area (Å²) in [5.74, 6) is -2.19. The van der Waals surface area contributed by atoms with Crippen LogP contribution in [-0.2, 0) is 28.7 Å². The average molecular weight is 331 g/mol. The van der Waals surface area contributed by atoms with Gasteiger partial charge in [0.25, 0.3) is 0 Å². The lowest BCUT2D eigenvalue weighted by molar-refractivity contribution is -0.149. The SMILES string of the molecule is CCOC(=O)CC[C@@H](NC(=O)[C@H](C)NC(=O)CN)C(=O)OCC. The number of nitrogens with two attached hydrogens (primary N) is 1. The van der Waals surface area contributed by atoms with Gasteiger partial charge in [-0.3, -0.25) is 14.4 Å². The van der Waals surface area contributed by atoms with Gasteiger partial charge in [-0.05, 0) is 27.2 Å². The first-order valence-corrected chi connectivity index (χ1v) is 7.47. The molecule has 132 valence electrons. The molecule has 0 aromatic heterocycles. The first-order valence-electron chi connectivity index (χ1n) is 7.47. The number of carbonyl (C=O) groups is 4. The summed E-state index contributed by atoms with van der Waals surface area (Å²) < 4.78 is 9.64. The number of hydrogen-bond acceptors (Lipinski definition) is 7. The maximum atomic E-state index is 12.0. The minimum absolute atomic E-state index is 0.0405. The molecule has 0 bridgehead atoms. The molecule has 9 nitrogen and oxygen atoms in total. The molecule has 9 heteroatoms. The van der Waals surface area contributed by atoms with E-state index >= 15 is 0 Å². The van der Waals surface area contributed by atoms with Crippen LogP contribution in [0, 0.1) is 0 Å². The first kappa shape index (κ1) is 20.8. The van der Waals surface area contributed by atoms with E-state index in [0.717, 1.165) is 0 Å². The summed E-state index contributed by atoms with van der Waals surface area (Å²) in [5.41, 5.74) is 5.15. The van der Waals surface area contributed by atoms with Gasteiger partial charge in [-0.15, -0.1) is 0 Å². The lowest BCUT2D eigenvalue weighted by atomic mass is 10.1. The highest BCUT2D eigenvalue weighted by atomic mass is 16.5. The third-order valence-corrected chi connectivity index (χ3v) is 2.79. The van der Waals surface area contributed by atoms with Crippen LogP contribution < -0.4 is 16.4 Å². The normalized spacial score (nSPS) is 12.7. The molecule has 0 aromatic carbocycles. The van der Waals surface area contributed by atoms with E-state index in [1.54, 1.807) is 13.8 Å². The Balaban J connectivity index is 4.67. The lowest BCUT2D eigenvalue weighted by Gasteiger charge is -2.20. The quantitative estimate of drug-likeness (QED) is 0.429. The zero-order valence-corrected chi connectivity index (χ0v) is 13.7. The van der Waals surface area contributed by atoms with Gasteiger partial charge in [-0.1, -0.05) is 0 Å². The third-order valence-electron chi connectivity index (χ3n) is 2.79. The van der Waals surface area contributed by atoms with Crippen LogP contribution in [-0.4, -0.2) is 55.6 Å². The molecule has 2 amide bonds. The Hall–Kier alpha value is -2.16. The predicted molar refractivity (Wildman–Crippen MR) is 81.1 cm³/mol. The van der Waals surface area contributed by atoms with Gasteiger partial charge in [0, 0.05) is 6.42 Å². The fourth-order valence-corrected chi connectivity index (χ4v) is 1.65. The molecule has 0 aromatic rings. The largest absolute Gasteiger partial charge is 0.466 e. The molecule has 23 heavy (non-hydrogen) atoms. The zero-order chi connectivity index (χ0) is 17.8. The molecule has 0 saturated heterocycles. The van der Waals surface area contributed by atoms with Crippen molar-refractivity contribution in [3.05, 3.63) is 0 Å². The van der Waals surface area contributed by atoms with E-state index in [2.05, 4.69) is 10.6 Å². The second kappa shape index (κ2) is 11.4. The van der Waals surface area contributed by atoms with Gasteiger partial charge in [0.2, 0.25) is 11.8 Å². The van der Waals surface area contributed by atoms with Crippen molar-refractivity contribution in [2.75, 3.05) is 19.8 Å². The summed E-state index contributed by atoms with van der Waals surface area (Å²) in [5, 5.41) is 4.82. The second-order valence-corrected chi connectivity index (χ2v) is 4.65. The summed E-state index contributed by atoms with van der Waals surface area (Å²) in [6.45, 7) is 4.89. The maximum absolute atomic E-state index is 12.0. The monoisotopic (exact) mass is 331 g/mol. The summed E-state index contributed by atoms with van der Waals surface area (Å²) in [6.07, 6.45) is 0.00209. The smallest absolute Gasteiger partial charge is 0.328 e. The van der Waals surface area contributed by atoms with Crippen LogP contribution in [0.3, 0.4) is 0 Å². The van der Waals surface area contributed by atoms with E-state index in [9.17, 15) is 19.2 Å². The average Bonchev–Trinajstić information content (AvgIpc) is 2.51. The first-order chi connectivity index (χ1) is 10.8. The molecule has 0 unspecified atom stereocenters. The molecule has 0 rings (SSSR count). The minimum Gasteiger partial charge on any atom is -0.466 e. The van der Waals surface area contributed by atoms with Crippen molar-refractivity contribution in [1.29, 1.82) is 0 Å². The van der Waals surface area contributed by atoms with Gasteiger partial charge in [0.15, 0.2) is 0 Å². The van der Waals surface area contributed by atoms with Crippen molar-refractivity contribution in [3.63, 3.8) is 0 Å². The fraction of sp³-hybridized carbons (Fsp3) is 0.714. The van der Waals surface area contributed by atoms with Crippen LogP contribution >= 0.6 is 0 Å². The van der Waals surface area contributed by atoms with Crippen LogP contribution in [0.4, 0.5) is 0 Å². The standard InChI is InChI=1S/C14H25N3O6/c1-4-22-12(19)7-6-10(14(21)23-5-2)17-13(20)9(3)16-11(18)8-15/h9-10H,4-8,15H2,1-3H3,(H,16,18)(H,17,20)/t9-,10+/m0/s1. The van der Waals surface area contributed by atoms with Crippen molar-refractivity contribution in [1.82, 2.24) is 10.6 Å². The highest BCUT2D eigenvalue weighted by Crippen LogP contribution is 2.03. The third kappa shape index (κ3) is 8.77. The van der Waals surface area contributed by atoms with Gasteiger partial charge in [-0.25, -0.2) is 4.79 Å². The van der Waals surface area contributed by atoms with Crippen molar-refractivity contribution in [3.8, 4) is 0 Å². The number of amides is 2. The Morgan fingerprint density at radius 1 is 1.04 bits per heavy atom. The fourth-order valence-electron chi connectivity index (χ4n) is 1.65. The Kier molecular flexibility index (Phi) is 10.3. The highest BCUT2D eigenvalue weighted by molar-refractivity contribution is 5.91. The molecule has 0 fully saturated rings. The summed E-state index contributed by atoms with van der Waals surface area (Å²) in [4.78, 5) is 46.4. The van der Waals surface area contributed by atoms with E-state index in [4.69, 9.17) is 15.2 Å². The Morgan fingerprint density at radius 3 is 2.17 bits per heavy atom. The molecule has 0 spiro atoms. The topological polar surface area (TPSA) is 137 Å². The van der Waals surface area contributed by atoms with Crippen LogP contribution in [0.15, 0.2) is 0 Å². The van der Waals surface area contributed by atoms with E-state index in [1.807, 2.05) is 0 Å². The van der Waals surface area contributed by atoms with Gasteiger partial charge < -0.3 is 25.8 Å². The van der Waals surface area contributed by atoms with Crippen molar-refractivity contribution in [2.45, 2.75) is 45.7 Å². The van der Waals surface area contributed by atoms with Crippen LogP contribution in [0.1, 0.15) is 33.6 Å². The molecule has 0 radical (unpaired) electrons. The molecule has 0 heterocycles. The summed E-state index contributed by atoms with van der Waals surface area (Å²) in [7, 11) is 0. The van der Waals surface area contributed by atoms with Crippen LogP contribution in [0.25, 0.3) is 0 Å². The number of esters is 2. The van der Waals surface area contributed by atoms with E-state index in [1.165, 1.54) is 6.92 Å². The summed E-state index contributed by atoms with van der Waals surface area (Å²) >= 11 is 0. The predicted octanol–water partition coefficient (Wildman–Crippen LogP) is -1.16. The van der Waals surface area contributed by atoms with Gasteiger partial charge in [-0.2, -0.15) is 0 Å². The number of hydrogen-bond donors (Lipinski definition) is 3. The molecule has 2 atom stereocenters. The highest BCUT2D eigenvalue weighted by Gasteiger charge is 2.26. The molecule has 0 aliphatic rings. The number of carbonyl (C=O) groups excluding carboxylic acids is 4. The van der Waals surface area contributed by atoms with Gasteiger partial charge >= 0.3 is 11.9 Å². The molecule has 0 saturated carbocycles. The van der Waals surface area contributed by atoms with Crippen LogP contribution in [0.5, 0.6) is 0 Å². The van der Waals surface area contributed by atoms with Crippen molar-refractivity contribution < 1.29 is 28.7 Å². The van der Waals surface area contributed by atoms with Gasteiger partial charge in [0.05, 0.1) is 19.8 Å². The lowest BCUT2D eigenvalue weighted by Crippen LogP contribution is -2.51. The molecular formula is C14H25N3O6. The van der Waals surface area contributed by atoms with E-state index in [-0.39, 0.29) is 32.6 Å². The molecular weight excluding hydrogens is 306 g/mol.